The Kier molecular flexibility index (Phi) is 3.82. The number of aromatic nitrogens is 2. The molecule has 3 rings (SSSR count). The van der Waals surface area contributed by atoms with Crippen LogP contribution >= 0.6 is 0 Å². The van der Waals surface area contributed by atoms with Gasteiger partial charge >= 0.3 is 0 Å². The Morgan fingerprint density at radius 2 is 1.95 bits per heavy atom. The third-order valence-corrected chi connectivity index (χ3v) is 4.06. The predicted octanol–water partition coefficient (Wildman–Crippen LogP) is 0.429. The van der Waals surface area contributed by atoms with Gasteiger partial charge in [-0.15, -0.1) is 0 Å². The maximum Gasteiger partial charge on any atom is 0.245 e. The SMILES string of the molecule is O=C(C1CCCN1c1ncccn1)N1CCC[C@H](O)C1. The van der Waals surface area contributed by atoms with E-state index in [9.17, 15) is 9.90 Å². The monoisotopic (exact) mass is 276 g/mol. The van der Waals surface area contributed by atoms with Crippen molar-refractivity contribution in [3.63, 3.8) is 0 Å². The van der Waals surface area contributed by atoms with Gasteiger partial charge in [0, 0.05) is 32.0 Å². The van der Waals surface area contributed by atoms with Crippen molar-refractivity contribution in [2.45, 2.75) is 37.8 Å². The van der Waals surface area contributed by atoms with E-state index in [1.54, 1.807) is 23.4 Å². The zero-order chi connectivity index (χ0) is 13.9. The Bertz CT molecular complexity index is 468. The van der Waals surface area contributed by atoms with Crippen LogP contribution in [0.5, 0.6) is 0 Å². The molecule has 6 heteroatoms. The van der Waals surface area contributed by atoms with E-state index < -0.39 is 0 Å². The van der Waals surface area contributed by atoms with Crippen molar-refractivity contribution in [2.24, 2.45) is 0 Å². The molecule has 108 valence electrons. The summed E-state index contributed by atoms with van der Waals surface area (Å²) < 4.78 is 0. The summed E-state index contributed by atoms with van der Waals surface area (Å²) in [6.45, 7) is 2.02. The van der Waals surface area contributed by atoms with Gasteiger partial charge in [-0.1, -0.05) is 0 Å². The van der Waals surface area contributed by atoms with Gasteiger partial charge < -0.3 is 14.9 Å². The topological polar surface area (TPSA) is 69.6 Å². The molecule has 0 bridgehead atoms. The first-order valence-electron chi connectivity index (χ1n) is 7.26. The molecule has 2 fully saturated rings. The summed E-state index contributed by atoms with van der Waals surface area (Å²) in [6, 6.07) is 1.60. The summed E-state index contributed by atoms with van der Waals surface area (Å²) in [5, 5.41) is 9.72. The molecule has 0 aliphatic carbocycles. The van der Waals surface area contributed by atoms with Gasteiger partial charge in [-0.3, -0.25) is 4.79 Å². The van der Waals surface area contributed by atoms with Gasteiger partial charge in [0.05, 0.1) is 6.10 Å². The Balaban J connectivity index is 1.73. The van der Waals surface area contributed by atoms with Crippen LogP contribution in [0.4, 0.5) is 5.95 Å². The zero-order valence-corrected chi connectivity index (χ0v) is 11.5. The second-order valence-corrected chi connectivity index (χ2v) is 5.48. The minimum absolute atomic E-state index is 0.105. The molecule has 0 radical (unpaired) electrons. The molecule has 1 N–H and O–H groups in total. The zero-order valence-electron chi connectivity index (χ0n) is 11.5. The van der Waals surface area contributed by atoms with Crippen molar-refractivity contribution in [2.75, 3.05) is 24.5 Å². The largest absolute Gasteiger partial charge is 0.391 e. The molecule has 2 aliphatic heterocycles. The molecular formula is C14H20N4O2. The molecule has 1 amide bonds. The molecule has 1 unspecified atom stereocenters. The highest BCUT2D eigenvalue weighted by Gasteiger charge is 2.36. The van der Waals surface area contributed by atoms with E-state index in [0.717, 1.165) is 38.8 Å². The summed E-state index contributed by atoms with van der Waals surface area (Å²) in [5.74, 6) is 0.731. The van der Waals surface area contributed by atoms with Gasteiger partial charge in [0.2, 0.25) is 11.9 Å². The molecule has 20 heavy (non-hydrogen) atoms. The third-order valence-electron chi connectivity index (χ3n) is 4.06. The number of nitrogens with zero attached hydrogens (tertiary/aromatic N) is 4. The summed E-state index contributed by atoms with van der Waals surface area (Å²) in [5.41, 5.74) is 0. The van der Waals surface area contributed by atoms with Crippen molar-refractivity contribution in [1.29, 1.82) is 0 Å². The Hall–Kier alpha value is -1.69. The number of aliphatic hydroxyl groups is 1. The Morgan fingerprint density at radius 1 is 1.20 bits per heavy atom. The first kappa shape index (κ1) is 13.3. The van der Waals surface area contributed by atoms with Crippen LogP contribution in [0, 0.1) is 0 Å². The lowest BCUT2D eigenvalue weighted by molar-refractivity contribution is -0.135. The summed E-state index contributed by atoms with van der Waals surface area (Å²) in [7, 11) is 0. The van der Waals surface area contributed by atoms with Crippen LogP contribution in [-0.4, -0.2) is 57.7 Å². The average molecular weight is 276 g/mol. The van der Waals surface area contributed by atoms with Crippen molar-refractivity contribution < 1.29 is 9.90 Å². The van der Waals surface area contributed by atoms with Crippen molar-refractivity contribution in [3.05, 3.63) is 18.5 Å². The van der Waals surface area contributed by atoms with E-state index in [-0.39, 0.29) is 18.1 Å². The van der Waals surface area contributed by atoms with Gasteiger partial charge in [0.25, 0.3) is 0 Å². The second kappa shape index (κ2) is 5.75. The first-order chi connectivity index (χ1) is 9.75. The number of hydrogen-bond acceptors (Lipinski definition) is 5. The number of β-amino-alcohol motifs (C(OH)–C–C–N with tert-alkyl or cyclic N) is 1. The molecule has 2 aliphatic rings. The molecule has 6 nitrogen and oxygen atoms in total. The van der Waals surface area contributed by atoms with Gasteiger partial charge in [-0.05, 0) is 31.7 Å². The standard InChI is InChI=1S/C14H20N4O2/c19-11-4-1-8-17(10-11)13(20)12-5-2-9-18(12)14-15-6-3-7-16-14/h3,6-7,11-12,19H,1-2,4-5,8-10H2/t11-,12?/m0/s1. The molecule has 0 aromatic carbocycles. The second-order valence-electron chi connectivity index (χ2n) is 5.48. The molecular weight excluding hydrogens is 256 g/mol. The van der Waals surface area contributed by atoms with Gasteiger partial charge in [0.1, 0.15) is 6.04 Å². The van der Waals surface area contributed by atoms with E-state index in [4.69, 9.17) is 0 Å². The Labute approximate surface area is 118 Å². The van der Waals surface area contributed by atoms with Gasteiger partial charge in [0.15, 0.2) is 0 Å². The van der Waals surface area contributed by atoms with E-state index in [0.29, 0.717) is 12.5 Å². The molecule has 1 aromatic heterocycles. The molecule has 0 saturated carbocycles. The fourth-order valence-electron chi connectivity index (χ4n) is 3.07. The quantitative estimate of drug-likeness (QED) is 0.848. The molecule has 1 aromatic rings. The molecule has 0 spiro atoms. The lowest BCUT2D eigenvalue weighted by Crippen LogP contribution is -2.50. The van der Waals surface area contributed by atoms with E-state index in [1.165, 1.54) is 0 Å². The number of likely N-dealkylation sites (tertiary alicyclic amines) is 1. The highest BCUT2D eigenvalue weighted by molar-refractivity contribution is 5.85. The number of hydrogen-bond donors (Lipinski definition) is 1. The lowest BCUT2D eigenvalue weighted by atomic mass is 10.1. The molecule has 3 heterocycles. The number of aliphatic hydroxyl groups excluding tert-OH is 1. The Morgan fingerprint density at radius 3 is 2.70 bits per heavy atom. The van der Waals surface area contributed by atoms with Crippen LogP contribution in [0.25, 0.3) is 0 Å². The van der Waals surface area contributed by atoms with Crippen LogP contribution in [-0.2, 0) is 4.79 Å². The highest BCUT2D eigenvalue weighted by Crippen LogP contribution is 2.24. The predicted molar refractivity (Wildman–Crippen MR) is 74.2 cm³/mol. The maximum absolute atomic E-state index is 12.6. The van der Waals surface area contributed by atoms with Gasteiger partial charge in [-0.2, -0.15) is 0 Å². The van der Waals surface area contributed by atoms with Crippen LogP contribution in [0.15, 0.2) is 18.5 Å². The summed E-state index contributed by atoms with van der Waals surface area (Å²) in [4.78, 5) is 24.9. The number of amides is 1. The van der Waals surface area contributed by atoms with Crippen LogP contribution in [0.2, 0.25) is 0 Å². The number of anilines is 1. The van der Waals surface area contributed by atoms with Crippen LogP contribution in [0.3, 0.4) is 0 Å². The average Bonchev–Trinajstić information content (AvgIpc) is 2.97. The lowest BCUT2D eigenvalue weighted by Gasteiger charge is -2.34. The minimum atomic E-state index is -0.379. The van der Waals surface area contributed by atoms with Gasteiger partial charge in [-0.25, -0.2) is 9.97 Å². The maximum atomic E-state index is 12.6. The molecule has 2 atom stereocenters. The van der Waals surface area contributed by atoms with E-state index in [1.807, 2.05) is 4.90 Å². The van der Waals surface area contributed by atoms with Crippen LogP contribution in [0.1, 0.15) is 25.7 Å². The highest BCUT2D eigenvalue weighted by atomic mass is 16.3. The van der Waals surface area contributed by atoms with E-state index >= 15 is 0 Å². The normalized spacial score (nSPS) is 26.9. The third kappa shape index (κ3) is 2.60. The number of piperidine rings is 1. The molecule has 2 saturated heterocycles. The smallest absolute Gasteiger partial charge is 0.245 e. The minimum Gasteiger partial charge on any atom is -0.391 e. The number of carbonyl (C=O) groups excluding carboxylic acids is 1. The number of carbonyl (C=O) groups is 1. The van der Waals surface area contributed by atoms with Crippen molar-refractivity contribution in [3.8, 4) is 0 Å². The number of rotatable bonds is 2. The van der Waals surface area contributed by atoms with Crippen molar-refractivity contribution >= 4 is 11.9 Å². The fourth-order valence-corrected chi connectivity index (χ4v) is 3.07. The summed E-state index contributed by atoms with van der Waals surface area (Å²) >= 11 is 0. The van der Waals surface area contributed by atoms with E-state index in [2.05, 4.69) is 9.97 Å². The van der Waals surface area contributed by atoms with Crippen LogP contribution < -0.4 is 4.90 Å². The summed E-state index contributed by atoms with van der Waals surface area (Å²) in [6.07, 6.45) is 6.51. The first-order valence-corrected chi connectivity index (χ1v) is 7.26. The van der Waals surface area contributed by atoms with Crippen molar-refractivity contribution in [1.82, 2.24) is 14.9 Å². The fraction of sp³-hybridized carbons (Fsp3) is 0.643.